The van der Waals surface area contributed by atoms with Gasteiger partial charge in [-0.2, -0.15) is 0 Å². The Balaban J connectivity index is 1.97. The Kier molecular flexibility index (Phi) is 4.12. The molecule has 0 fully saturated rings. The summed E-state index contributed by atoms with van der Waals surface area (Å²) < 4.78 is 10.7. The zero-order valence-corrected chi connectivity index (χ0v) is 13.2. The molecule has 1 aromatic heterocycles. The maximum Gasteiger partial charge on any atom is 0.124 e. The van der Waals surface area contributed by atoms with Gasteiger partial charge in [0.2, 0.25) is 0 Å². The van der Waals surface area contributed by atoms with Crippen molar-refractivity contribution in [1.29, 1.82) is 0 Å². The van der Waals surface area contributed by atoms with Gasteiger partial charge in [-0.1, -0.05) is 0 Å². The van der Waals surface area contributed by atoms with Gasteiger partial charge in [0, 0.05) is 10.4 Å². The summed E-state index contributed by atoms with van der Waals surface area (Å²) >= 11 is 1.74. The molecule has 1 unspecified atom stereocenters. The van der Waals surface area contributed by atoms with E-state index < -0.39 is 0 Å². The number of rotatable bonds is 4. The van der Waals surface area contributed by atoms with Crippen molar-refractivity contribution in [3.05, 3.63) is 39.3 Å². The number of nitrogens with two attached hydrogens (primary N) is 1. The topological polar surface area (TPSA) is 57.4 Å². The summed E-state index contributed by atoms with van der Waals surface area (Å²) in [6.07, 6.45) is 4.70. The van der Waals surface area contributed by atoms with Crippen LogP contribution in [-0.4, -0.2) is 19.2 Å². The van der Waals surface area contributed by atoms with Crippen LogP contribution in [-0.2, 0) is 12.8 Å². The second-order valence-corrected chi connectivity index (χ2v) is 6.33. The molecule has 5 heteroatoms. The van der Waals surface area contributed by atoms with Gasteiger partial charge in [-0.05, 0) is 43.9 Å². The molecule has 1 heterocycles. The number of aromatic nitrogens is 1. The van der Waals surface area contributed by atoms with E-state index in [4.69, 9.17) is 20.2 Å². The van der Waals surface area contributed by atoms with E-state index in [0.717, 1.165) is 34.9 Å². The fourth-order valence-electron chi connectivity index (χ4n) is 2.72. The van der Waals surface area contributed by atoms with Crippen molar-refractivity contribution in [1.82, 2.24) is 4.98 Å². The Morgan fingerprint density at radius 1 is 1.19 bits per heavy atom. The lowest BCUT2D eigenvalue weighted by atomic mass is 10.0. The van der Waals surface area contributed by atoms with Crippen LogP contribution >= 0.6 is 11.3 Å². The van der Waals surface area contributed by atoms with Gasteiger partial charge in [0.1, 0.15) is 16.5 Å². The zero-order valence-electron chi connectivity index (χ0n) is 12.4. The molecule has 0 bridgehead atoms. The molecule has 0 radical (unpaired) electrons. The number of nitrogens with zero attached hydrogens (tertiary/aromatic N) is 1. The molecule has 0 spiro atoms. The van der Waals surface area contributed by atoms with Gasteiger partial charge >= 0.3 is 0 Å². The first-order chi connectivity index (χ1) is 10.2. The average molecular weight is 304 g/mol. The Bertz CT molecular complexity index is 616. The van der Waals surface area contributed by atoms with Crippen molar-refractivity contribution < 1.29 is 9.47 Å². The molecule has 4 nitrogen and oxygen atoms in total. The number of fused-ring (bicyclic) bond motifs is 1. The molecular formula is C16H20N2O2S. The molecule has 2 N–H and O–H groups in total. The SMILES string of the molecule is COc1ccc(OC)c(C(N)c2nc3c(s2)CCCC3)c1. The minimum atomic E-state index is -0.273. The Hall–Kier alpha value is -1.59. The number of ether oxygens (including phenoxy) is 2. The fraction of sp³-hybridized carbons (Fsp3) is 0.438. The number of methoxy groups -OCH3 is 2. The molecule has 3 rings (SSSR count). The first-order valence-corrected chi connectivity index (χ1v) is 8.00. The number of thiazole rings is 1. The largest absolute Gasteiger partial charge is 0.497 e. The Morgan fingerprint density at radius 3 is 2.71 bits per heavy atom. The quantitative estimate of drug-likeness (QED) is 0.943. The van der Waals surface area contributed by atoms with Gasteiger partial charge in [-0.15, -0.1) is 11.3 Å². The predicted octanol–water partition coefficient (Wildman–Crippen LogP) is 3.09. The van der Waals surface area contributed by atoms with E-state index >= 15 is 0 Å². The number of hydrogen-bond acceptors (Lipinski definition) is 5. The summed E-state index contributed by atoms with van der Waals surface area (Å²) in [7, 11) is 3.31. The van der Waals surface area contributed by atoms with E-state index in [0.29, 0.717) is 0 Å². The molecule has 0 saturated carbocycles. The van der Waals surface area contributed by atoms with Crippen molar-refractivity contribution in [3.63, 3.8) is 0 Å². The molecule has 0 aliphatic heterocycles. The molecule has 0 amide bonds. The van der Waals surface area contributed by atoms with Crippen molar-refractivity contribution in [3.8, 4) is 11.5 Å². The lowest BCUT2D eigenvalue weighted by Gasteiger charge is -2.15. The normalized spacial score (nSPS) is 15.4. The second-order valence-electron chi connectivity index (χ2n) is 5.21. The van der Waals surface area contributed by atoms with E-state index in [1.54, 1.807) is 25.6 Å². The summed E-state index contributed by atoms with van der Waals surface area (Å²) in [5, 5.41) is 0.966. The molecule has 1 aromatic carbocycles. The van der Waals surface area contributed by atoms with E-state index in [1.807, 2.05) is 18.2 Å². The van der Waals surface area contributed by atoms with E-state index in [9.17, 15) is 0 Å². The van der Waals surface area contributed by atoms with Gasteiger partial charge in [-0.25, -0.2) is 4.98 Å². The van der Waals surface area contributed by atoms with Crippen molar-refractivity contribution in [2.45, 2.75) is 31.7 Å². The molecule has 1 aliphatic rings. The molecule has 1 aliphatic carbocycles. The van der Waals surface area contributed by atoms with E-state index in [-0.39, 0.29) is 6.04 Å². The summed E-state index contributed by atoms with van der Waals surface area (Å²) in [4.78, 5) is 6.15. The number of benzene rings is 1. The van der Waals surface area contributed by atoms with Gasteiger partial charge in [-0.3, -0.25) is 0 Å². The number of aryl methyl sites for hydroxylation is 2. The average Bonchev–Trinajstić information content (AvgIpc) is 2.97. The highest BCUT2D eigenvalue weighted by Gasteiger charge is 2.22. The minimum Gasteiger partial charge on any atom is -0.497 e. The highest BCUT2D eigenvalue weighted by atomic mass is 32.1. The van der Waals surface area contributed by atoms with Crippen LogP contribution in [0.1, 0.15) is 40.0 Å². The first kappa shape index (κ1) is 14.4. The molecule has 1 atom stereocenters. The van der Waals surface area contributed by atoms with Crippen molar-refractivity contribution >= 4 is 11.3 Å². The second kappa shape index (κ2) is 6.03. The Labute approximate surface area is 128 Å². The van der Waals surface area contributed by atoms with Crippen LogP contribution in [0.25, 0.3) is 0 Å². The highest BCUT2D eigenvalue weighted by molar-refractivity contribution is 7.11. The third kappa shape index (κ3) is 2.76. The van der Waals surface area contributed by atoms with Gasteiger partial charge in [0.15, 0.2) is 0 Å². The highest BCUT2D eigenvalue weighted by Crippen LogP contribution is 2.35. The van der Waals surface area contributed by atoms with Crippen LogP contribution in [0.4, 0.5) is 0 Å². The van der Waals surface area contributed by atoms with Crippen LogP contribution in [0.3, 0.4) is 0 Å². The summed E-state index contributed by atoms with van der Waals surface area (Å²) in [5.74, 6) is 1.55. The number of hydrogen-bond donors (Lipinski definition) is 1. The van der Waals surface area contributed by atoms with E-state index in [2.05, 4.69) is 0 Å². The van der Waals surface area contributed by atoms with Crippen LogP contribution in [0.15, 0.2) is 18.2 Å². The predicted molar refractivity (Wildman–Crippen MR) is 84.3 cm³/mol. The smallest absolute Gasteiger partial charge is 0.124 e. The summed E-state index contributed by atoms with van der Waals surface area (Å²) in [6.45, 7) is 0. The van der Waals surface area contributed by atoms with Crippen LogP contribution in [0.2, 0.25) is 0 Å². The first-order valence-electron chi connectivity index (χ1n) is 7.19. The molecular weight excluding hydrogens is 284 g/mol. The molecule has 21 heavy (non-hydrogen) atoms. The van der Waals surface area contributed by atoms with E-state index in [1.165, 1.54) is 23.4 Å². The fourth-order valence-corrected chi connectivity index (χ4v) is 3.89. The zero-order chi connectivity index (χ0) is 14.8. The maximum absolute atomic E-state index is 6.44. The Morgan fingerprint density at radius 2 is 2.00 bits per heavy atom. The van der Waals surface area contributed by atoms with Gasteiger partial charge < -0.3 is 15.2 Å². The van der Waals surface area contributed by atoms with Gasteiger partial charge in [0.05, 0.1) is 26.0 Å². The summed E-state index contributed by atoms with van der Waals surface area (Å²) in [5.41, 5.74) is 8.59. The monoisotopic (exact) mass is 304 g/mol. The van der Waals surface area contributed by atoms with Crippen LogP contribution in [0.5, 0.6) is 11.5 Å². The third-order valence-corrected chi connectivity index (χ3v) is 5.14. The molecule has 2 aromatic rings. The van der Waals surface area contributed by atoms with Crippen molar-refractivity contribution in [2.24, 2.45) is 5.73 Å². The minimum absolute atomic E-state index is 0.273. The van der Waals surface area contributed by atoms with Gasteiger partial charge in [0.25, 0.3) is 0 Å². The standard InChI is InChI=1S/C16H20N2O2S/c1-19-10-7-8-13(20-2)11(9-10)15(17)16-18-12-5-3-4-6-14(12)21-16/h7-9,15H,3-6,17H2,1-2H3. The lowest BCUT2D eigenvalue weighted by Crippen LogP contribution is -2.13. The van der Waals surface area contributed by atoms with Crippen molar-refractivity contribution in [2.75, 3.05) is 14.2 Å². The van der Waals surface area contributed by atoms with Crippen LogP contribution < -0.4 is 15.2 Å². The molecule has 112 valence electrons. The van der Waals surface area contributed by atoms with Crippen LogP contribution in [0, 0.1) is 0 Å². The summed E-state index contributed by atoms with van der Waals surface area (Å²) in [6, 6.07) is 5.43. The lowest BCUT2D eigenvalue weighted by molar-refractivity contribution is 0.397. The molecule has 0 saturated heterocycles. The maximum atomic E-state index is 6.44. The third-order valence-electron chi connectivity index (χ3n) is 3.90.